The number of nitrogens with zero attached hydrogens (tertiary/aromatic N) is 3. The maximum absolute atomic E-state index is 12.9. The van der Waals surface area contributed by atoms with Crippen LogP contribution < -0.4 is 5.56 Å². The molecule has 0 N–H and O–H groups in total. The summed E-state index contributed by atoms with van der Waals surface area (Å²) in [7, 11) is 0. The van der Waals surface area contributed by atoms with Crippen molar-refractivity contribution in [2.75, 3.05) is 12.3 Å². The Balaban J connectivity index is 1.58. The maximum atomic E-state index is 12.9. The lowest BCUT2D eigenvalue weighted by atomic mass is 10.2. The SMILES string of the molecule is C=CCn1c(SCC(=O)N2CCC[C@@H]2c2cccs2)nc2cc(Cl)ccc2c1=O. The van der Waals surface area contributed by atoms with Crippen molar-refractivity contribution in [1.82, 2.24) is 14.5 Å². The van der Waals surface area contributed by atoms with E-state index in [-0.39, 0.29) is 23.3 Å². The van der Waals surface area contributed by atoms with Crippen LogP contribution in [0.4, 0.5) is 0 Å². The Morgan fingerprint density at radius 2 is 2.28 bits per heavy atom. The fourth-order valence-corrected chi connectivity index (χ4v) is 5.56. The molecule has 1 fully saturated rings. The van der Waals surface area contributed by atoms with E-state index in [9.17, 15) is 9.59 Å². The van der Waals surface area contributed by atoms with E-state index < -0.39 is 0 Å². The number of benzene rings is 1. The number of hydrogen-bond donors (Lipinski definition) is 0. The molecule has 4 rings (SSSR count). The van der Waals surface area contributed by atoms with E-state index in [1.807, 2.05) is 16.3 Å². The largest absolute Gasteiger partial charge is 0.334 e. The molecule has 29 heavy (non-hydrogen) atoms. The third kappa shape index (κ3) is 4.13. The molecule has 0 unspecified atom stereocenters. The van der Waals surface area contributed by atoms with Crippen LogP contribution in [0.2, 0.25) is 5.02 Å². The van der Waals surface area contributed by atoms with Gasteiger partial charge >= 0.3 is 0 Å². The molecule has 0 bridgehead atoms. The zero-order valence-electron chi connectivity index (χ0n) is 15.7. The number of likely N-dealkylation sites (tertiary alicyclic amines) is 1. The molecule has 2 aromatic heterocycles. The molecule has 5 nitrogen and oxygen atoms in total. The average molecular weight is 446 g/mol. The van der Waals surface area contributed by atoms with Crippen molar-refractivity contribution in [2.24, 2.45) is 0 Å². The second-order valence-electron chi connectivity index (χ2n) is 6.81. The highest BCUT2D eigenvalue weighted by molar-refractivity contribution is 7.99. The Hall–Kier alpha value is -2.09. The van der Waals surface area contributed by atoms with Gasteiger partial charge in [-0.3, -0.25) is 14.2 Å². The molecule has 0 spiro atoms. The first kappa shape index (κ1) is 20.2. The monoisotopic (exact) mass is 445 g/mol. The van der Waals surface area contributed by atoms with Gasteiger partial charge in [0.2, 0.25) is 5.91 Å². The highest BCUT2D eigenvalue weighted by Crippen LogP contribution is 2.35. The molecular weight excluding hydrogens is 426 g/mol. The number of rotatable bonds is 6. The summed E-state index contributed by atoms with van der Waals surface area (Å²) < 4.78 is 1.56. The second-order valence-corrected chi connectivity index (χ2v) is 9.17. The standard InChI is InChI=1S/C21H20ClN3O2S2/c1-2-9-25-20(27)15-8-7-14(22)12-16(15)23-21(25)29-13-19(26)24-10-3-5-17(24)18-6-4-11-28-18/h2,4,6-8,11-12,17H,1,3,5,9-10,13H2/t17-/m1/s1. The van der Waals surface area contributed by atoms with Gasteiger partial charge in [-0.15, -0.1) is 17.9 Å². The summed E-state index contributed by atoms with van der Waals surface area (Å²) in [5.74, 6) is 0.300. The van der Waals surface area contributed by atoms with E-state index in [0.717, 1.165) is 19.4 Å². The molecule has 1 aliphatic rings. The van der Waals surface area contributed by atoms with Gasteiger partial charge < -0.3 is 4.90 Å². The molecule has 150 valence electrons. The van der Waals surface area contributed by atoms with Crippen molar-refractivity contribution in [3.8, 4) is 0 Å². The zero-order valence-corrected chi connectivity index (χ0v) is 18.1. The minimum absolute atomic E-state index is 0.0662. The summed E-state index contributed by atoms with van der Waals surface area (Å²) in [6, 6.07) is 9.30. The Bertz CT molecular complexity index is 1110. The maximum Gasteiger partial charge on any atom is 0.262 e. The lowest BCUT2D eigenvalue weighted by molar-refractivity contribution is -0.129. The molecule has 1 atom stereocenters. The Morgan fingerprint density at radius 1 is 1.41 bits per heavy atom. The van der Waals surface area contributed by atoms with Crippen LogP contribution in [0.25, 0.3) is 10.9 Å². The van der Waals surface area contributed by atoms with Crippen molar-refractivity contribution in [3.05, 3.63) is 68.6 Å². The quantitative estimate of drug-likeness (QED) is 0.312. The van der Waals surface area contributed by atoms with E-state index in [0.29, 0.717) is 27.6 Å². The van der Waals surface area contributed by atoms with Crippen LogP contribution in [0.3, 0.4) is 0 Å². The molecule has 0 saturated carbocycles. The van der Waals surface area contributed by atoms with Crippen molar-refractivity contribution in [1.29, 1.82) is 0 Å². The summed E-state index contributed by atoms with van der Waals surface area (Å²) in [6.45, 7) is 4.84. The average Bonchev–Trinajstić information content (AvgIpc) is 3.39. The number of amides is 1. The van der Waals surface area contributed by atoms with E-state index in [2.05, 4.69) is 17.6 Å². The summed E-state index contributed by atoms with van der Waals surface area (Å²) in [6.07, 6.45) is 3.65. The number of fused-ring (bicyclic) bond motifs is 1. The van der Waals surface area contributed by atoms with Crippen molar-refractivity contribution < 1.29 is 4.79 Å². The minimum atomic E-state index is -0.154. The topological polar surface area (TPSA) is 55.2 Å². The molecule has 1 amide bonds. The first-order valence-corrected chi connectivity index (χ1v) is 11.6. The van der Waals surface area contributed by atoms with Crippen molar-refractivity contribution >= 4 is 51.5 Å². The highest BCUT2D eigenvalue weighted by atomic mass is 35.5. The number of carbonyl (C=O) groups excluding carboxylic acids is 1. The van der Waals surface area contributed by atoms with E-state index in [1.54, 1.807) is 40.2 Å². The predicted octanol–water partition coefficient (Wildman–Crippen LogP) is 4.75. The van der Waals surface area contributed by atoms with Crippen molar-refractivity contribution in [2.45, 2.75) is 30.6 Å². The molecule has 8 heteroatoms. The van der Waals surface area contributed by atoms with Gasteiger partial charge in [-0.25, -0.2) is 4.98 Å². The van der Waals surface area contributed by atoms with E-state index in [4.69, 9.17) is 11.6 Å². The first-order valence-electron chi connectivity index (χ1n) is 9.35. The van der Waals surface area contributed by atoms with Gasteiger partial charge in [0.1, 0.15) is 0 Å². The number of hydrogen-bond acceptors (Lipinski definition) is 5. The van der Waals surface area contributed by atoms with E-state index >= 15 is 0 Å². The minimum Gasteiger partial charge on any atom is -0.334 e. The Kier molecular flexibility index (Phi) is 6.08. The third-order valence-electron chi connectivity index (χ3n) is 4.96. The molecule has 3 aromatic rings. The van der Waals surface area contributed by atoms with Crippen LogP contribution in [0.1, 0.15) is 23.8 Å². The van der Waals surface area contributed by atoms with Gasteiger partial charge in [-0.05, 0) is 42.5 Å². The molecule has 1 aliphatic heterocycles. The smallest absolute Gasteiger partial charge is 0.262 e. The lowest BCUT2D eigenvalue weighted by Gasteiger charge is -2.24. The van der Waals surface area contributed by atoms with Crippen LogP contribution in [0.5, 0.6) is 0 Å². The molecule has 0 aliphatic carbocycles. The normalized spacial score (nSPS) is 16.4. The summed E-state index contributed by atoms with van der Waals surface area (Å²) in [5, 5.41) is 3.58. The summed E-state index contributed by atoms with van der Waals surface area (Å²) in [5.41, 5.74) is 0.384. The second kappa shape index (κ2) is 8.73. The molecular formula is C21H20ClN3O2S2. The van der Waals surface area contributed by atoms with Crippen molar-refractivity contribution in [3.63, 3.8) is 0 Å². The Labute approximate surface area is 182 Å². The number of thioether (sulfide) groups is 1. The van der Waals surface area contributed by atoms with Gasteiger partial charge in [-0.1, -0.05) is 35.5 Å². The van der Waals surface area contributed by atoms with Gasteiger partial charge in [0.25, 0.3) is 5.56 Å². The Morgan fingerprint density at radius 3 is 3.03 bits per heavy atom. The van der Waals surface area contributed by atoms with Gasteiger partial charge in [0.05, 0.1) is 22.7 Å². The molecule has 0 radical (unpaired) electrons. The van der Waals surface area contributed by atoms with Crippen LogP contribution >= 0.6 is 34.7 Å². The van der Waals surface area contributed by atoms with Crippen LogP contribution in [0.15, 0.2) is 58.3 Å². The number of halogens is 1. The number of aromatic nitrogens is 2. The highest BCUT2D eigenvalue weighted by Gasteiger charge is 2.30. The predicted molar refractivity (Wildman–Crippen MR) is 120 cm³/mol. The summed E-state index contributed by atoms with van der Waals surface area (Å²) in [4.78, 5) is 33.6. The molecule has 1 saturated heterocycles. The fourth-order valence-electron chi connectivity index (χ4n) is 3.63. The number of thiophene rings is 1. The molecule has 1 aromatic carbocycles. The molecule has 3 heterocycles. The first-order chi connectivity index (χ1) is 14.1. The number of carbonyl (C=O) groups is 1. The fraction of sp³-hybridized carbons (Fsp3) is 0.286. The van der Waals surface area contributed by atoms with Gasteiger partial charge in [0.15, 0.2) is 5.16 Å². The lowest BCUT2D eigenvalue weighted by Crippen LogP contribution is -2.32. The zero-order chi connectivity index (χ0) is 20.4. The third-order valence-corrected chi connectivity index (χ3v) is 7.13. The summed E-state index contributed by atoms with van der Waals surface area (Å²) >= 11 is 9.05. The number of allylic oxidation sites excluding steroid dienone is 1. The van der Waals surface area contributed by atoms with Gasteiger partial charge in [0, 0.05) is 23.0 Å². The van der Waals surface area contributed by atoms with Crippen LogP contribution in [0, 0.1) is 0 Å². The van der Waals surface area contributed by atoms with Crippen LogP contribution in [-0.4, -0.2) is 32.7 Å². The van der Waals surface area contributed by atoms with Gasteiger partial charge in [-0.2, -0.15) is 0 Å². The van der Waals surface area contributed by atoms with Crippen LogP contribution in [-0.2, 0) is 11.3 Å². The van der Waals surface area contributed by atoms with E-state index in [1.165, 1.54) is 16.6 Å².